The average molecular weight is 147 g/mol. The summed E-state index contributed by atoms with van der Waals surface area (Å²) in [6.45, 7) is 1.31. The molecule has 3 N–H and O–H groups in total. The van der Waals surface area contributed by atoms with E-state index in [1.165, 1.54) is 0 Å². The fourth-order valence-electron chi connectivity index (χ4n) is 0.569. The zero-order valence-corrected chi connectivity index (χ0v) is 5.84. The topological polar surface area (TPSA) is 69.6 Å². The van der Waals surface area contributed by atoms with Crippen molar-refractivity contribution in [3.63, 3.8) is 0 Å². The lowest BCUT2D eigenvalue weighted by atomic mass is 10.3. The molecular weight excluding hydrogens is 134 g/mol. The van der Waals surface area contributed by atoms with Gasteiger partial charge in [0.25, 0.3) is 0 Å². The van der Waals surface area contributed by atoms with E-state index in [1.54, 1.807) is 0 Å². The minimum atomic E-state index is -0.772. The SMILES string of the molecule is O=C(O)CCCNCCO. The molecule has 4 nitrogen and oxygen atoms in total. The van der Waals surface area contributed by atoms with E-state index in [9.17, 15) is 4.79 Å². The molecule has 0 spiro atoms. The van der Waals surface area contributed by atoms with Gasteiger partial charge in [-0.1, -0.05) is 0 Å². The molecule has 0 aliphatic carbocycles. The fraction of sp³-hybridized carbons (Fsp3) is 0.833. The van der Waals surface area contributed by atoms with Crippen LogP contribution in [-0.2, 0) is 4.79 Å². The Bertz CT molecular complexity index is 95.0. The zero-order valence-electron chi connectivity index (χ0n) is 5.84. The van der Waals surface area contributed by atoms with E-state index in [-0.39, 0.29) is 13.0 Å². The summed E-state index contributed by atoms with van der Waals surface area (Å²) in [7, 11) is 0. The van der Waals surface area contributed by atoms with E-state index in [0.717, 1.165) is 0 Å². The van der Waals surface area contributed by atoms with E-state index >= 15 is 0 Å². The van der Waals surface area contributed by atoms with Crippen molar-refractivity contribution in [2.45, 2.75) is 12.8 Å². The first-order chi connectivity index (χ1) is 4.77. The normalized spacial score (nSPS) is 9.70. The minimum absolute atomic E-state index is 0.104. The number of hydrogen-bond donors (Lipinski definition) is 3. The molecule has 0 rings (SSSR count). The second kappa shape index (κ2) is 6.51. The van der Waals surface area contributed by atoms with Crippen molar-refractivity contribution in [1.82, 2.24) is 5.32 Å². The van der Waals surface area contributed by atoms with Gasteiger partial charge in [-0.25, -0.2) is 0 Å². The van der Waals surface area contributed by atoms with Crippen molar-refractivity contribution in [3.05, 3.63) is 0 Å². The number of aliphatic hydroxyl groups is 1. The first kappa shape index (κ1) is 9.39. The fourth-order valence-corrected chi connectivity index (χ4v) is 0.569. The van der Waals surface area contributed by atoms with Crippen molar-refractivity contribution in [3.8, 4) is 0 Å². The second-order valence-corrected chi connectivity index (χ2v) is 1.97. The molecule has 0 amide bonds. The lowest BCUT2D eigenvalue weighted by Crippen LogP contribution is -2.19. The van der Waals surface area contributed by atoms with Crippen LogP contribution in [0.1, 0.15) is 12.8 Å². The third-order valence-corrected chi connectivity index (χ3v) is 1.03. The van der Waals surface area contributed by atoms with Crippen LogP contribution in [0.2, 0.25) is 0 Å². The Morgan fingerprint density at radius 3 is 2.60 bits per heavy atom. The molecule has 0 bridgehead atoms. The highest BCUT2D eigenvalue weighted by Crippen LogP contribution is 1.84. The van der Waals surface area contributed by atoms with Gasteiger partial charge in [-0.15, -0.1) is 0 Å². The van der Waals surface area contributed by atoms with Crippen LogP contribution in [0.15, 0.2) is 0 Å². The van der Waals surface area contributed by atoms with Gasteiger partial charge in [0, 0.05) is 13.0 Å². The van der Waals surface area contributed by atoms with Crippen LogP contribution in [0.5, 0.6) is 0 Å². The highest BCUT2D eigenvalue weighted by atomic mass is 16.4. The molecule has 0 aromatic carbocycles. The quantitative estimate of drug-likeness (QED) is 0.440. The van der Waals surface area contributed by atoms with Gasteiger partial charge >= 0.3 is 5.97 Å². The third kappa shape index (κ3) is 7.39. The molecule has 0 atom stereocenters. The number of aliphatic carboxylic acids is 1. The lowest BCUT2D eigenvalue weighted by Gasteiger charge is -1.98. The summed E-state index contributed by atoms with van der Waals surface area (Å²) in [4.78, 5) is 9.95. The molecule has 0 aliphatic heterocycles. The monoisotopic (exact) mass is 147 g/mol. The Morgan fingerprint density at radius 1 is 1.40 bits per heavy atom. The standard InChI is InChI=1S/C6H13NO3/c8-5-4-7-3-1-2-6(9)10/h7-8H,1-5H2,(H,9,10). The van der Waals surface area contributed by atoms with E-state index in [1.807, 2.05) is 0 Å². The molecule has 0 radical (unpaired) electrons. The number of carboxylic acids is 1. The molecule has 0 saturated carbocycles. The average Bonchev–Trinajstić information content (AvgIpc) is 1.87. The van der Waals surface area contributed by atoms with Crippen molar-refractivity contribution in [2.75, 3.05) is 19.7 Å². The van der Waals surface area contributed by atoms with Gasteiger partial charge in [-0.3, -0.25) is 4.79 Å². The Balaban J connectivity index is 2.84. The van der Waals surface area contributed by atoms with Crippen molar-refractivity contribution in [1.29, 1.82) is 0 Å². The Kier molecular flexibility index (Phi) is 6.11. The summed E-state index contributed by atoms with van der Waals surface area (Å²) in [5.41, 5.74) is 0. The first-order valence-electron chi connectivity index (χ1n) is 3.30. The van der Waals surface area contributed by atoms with Crippen molar-refractivity contribution < 1.29 is 15.0 Å². The summed E-state index contributed by atoms with van der Waals surface area (Å²) in [6, 6.07) is 0. The Morgan fingerprint density at radius 2 is 2.10 bits per heavy atom. The number of aliphatic hydroxyl groups excluding tert-OH is 1. The minimum Gasteiger partial charge on any atom is -0.481 e. The molecule has 0 saturated heterocycles. The molecule has 0 aromatic rings. The smallest absolute Gasteiger partial charge is 0.303 e. The van der Waals surface area contributed by atoms with Crippen molar-refractivity contribution in [2.24, 2.45) is 0 Å². The van der Waals surface area contributed by atoms with E-state index < -0.39 is 5.97 Å². The van der Waals surface area contributed by atoms with Gasteiger partial charge in [0.15, 0.2) is 0 Å². The maximum absolute atomic E-state index is 9.95. The van der Waals surface area contributed by atoms with Gasteiger partial charge < -0.3 is 15.5 Å². The van der Waals surface area contributed by atoms with Gasteiger partial charge in [-0.05, 0) is 13.0 Å². The summed E-state index contributed by atoms with van der Waals surface area (Å²) >= 11 is 0. The molecule has 0 heterocycles. The first-order valence-corrected chi connectivity index (χ1v) is 3.30. The van der Waals surface area contributed by atoms with Crippen LogP contribution in [0.4, 0.5) is 0 Å². The largest absolute Gasteiger partial charge is 0.481 e. The van der Waals surface area contributed by atoms with Gasteiger partial charge in [0.1, 0.15) is 0 Å². The molecule has 0 aromatic heterocycles. The third-order valence-electron chi connectivity index (χ3n) is 1.03. The molecular formula is C6H13NO3. The number of nitrogens with one attached hydrogen (secondary N) is 1. The summed E-state index contributed by atoms with van der Waals surface area (Å²) in [5, 5.41) is 19.4. The van der Waals surface area contributed by atoms with Gasteiger partial charge in [0.05, 0.1) is 6.61 Å². The van der Waals surface area contributed by atoms with Gasteiger partial charge in [-0.2, -0.15) is 0 Å². The summed E-state index contributed by atoms with van der Waals surface area (Å²) in [6.07, 6.45) is 0.813. The maximum atomic E-state index is 9.95. The number of hydrogen-bond acceptors (Lipinski definition) is 3. The number of carboxylic acid groups (broad SMARTS) is 1. The van der Waals surface area contributed by atoms with Crippen LogP contribution < -0.4 is 5.32 Å². The molecule has 10 heavy (non-hydrogen) atoms. The Hall–Kier alpha value is -0.610. The van der Waals surface area contributed by atoms with Crippen LogP contribution in [0.3, 0.4) is 0 Å². The van der Waals surface area contributed by atoms with Crippen LogP contribution in [-0.4, -0.2) is 35.9 Å². The van der Waals surface area contributed by atoms with E-state index in [0.29, 0.717) is 19.5 Å². The number of rotatable bonds is 6. The zero-order chi connectivity index (χ0) is 7.82. The predicted molar refractivity (Wildman–Crippen MR) is 36.8 cm³/mol. The molecule has 60 valence electrons. The maximum Gasteiger partial charge on any atom is 0.303 e. The number of carbonyl (C=O) groups is 1. The van der Waals surface area contributed by atoms with Crippen LogP contribution >= 0.6 is 0 Å². The predicted octanol–water partition coefficient (Wildman–Crippen LogP) is -0.567. The molecule has 0 fully saturated rings. The lowest BCUT2D eigenvalue weighted by molar-refractivity contribution is -0.137. The molecule has 0 unspecified atom stereocenters. The van der Waals surface area contributed by atoms with Crippen molar-refractivity contribution >= 4 is 5.97 Å². The second-order valence-electron chi connectivity index (χ2n) is 1.97. The van der Waals surface area contributed by atoms with Crippen LogP contribution in [0, 0.1) is 0 Å². The summed E-state index contributed by atoms with van der Waals surface area (Å²) < 4.78 is 0. The van der Waals surface area contributed by atoms with E-state index in [4.69, 9.17) is 10.2 Å². The molecule has 0 aliphatic rings. The highest BCUT2D eigenvalue weighted by molar-refractivity contribution is 5.66. The highest BCUT2D eigenvalue weighted by Gasteiger charge is 1.94. The Labute approximate surface area is 59.9 Å². The summed E-state index contributed by atoms with van der Waals surface area (Å²) in [5.74, 6) is -0.772. The molecule has 4 heteroatoms. The van der Waals surface area contributed by atoms with Crippen LogP contribution in [0.25, 0.3) is 0 Å². The van der Waals surface area contributed by atoms with Gasteiger partial charge in [0.2, 0.25) is 0 Å². The van der Waals surface area contributed by atoms with E-state index in [2.05, 4.69) is 5.32 Å².